The van der Waals surface area contributed by atoms with E-state index in [4.69, 9.17) is 14.4 Å². The van der Waals surface area contributed by atoms with Crippen molar-refractivity contribution in [1.82, 2.24) is 9.97 Å². The summed E-state index contributed by atoms with van der Waals surface area (Å²) in [7, 11) is 0. The lowest BCUT2D eigenvalue weighted by atomic mass is 9.67. The van der Waals surface area contributed by atoms with Crippen LogP contribution in [0.3, 0.4) is 0 Å². The van der Waals surface area contributed by atoms with Gasteiger partial charge in [0.15, 0.2) is 5.82 Å². The summed E-state index contributed by atoms with van der Waals surface area (Å²) in [5, 5.41) is 2.24. The molecule has 0 bridgehead atoms. The Morgan fingerprint density at radius 2 is 0.887 bits per heavy atom. The minimum absolute atomic E-state index is 0.576. The molecule has 9 aromatic carbocycles. The van der Waals surface area contributed by atoms with Crippen molar-refractivity contribution in [3.05, 3.63) is 253 Å². The molecule has 0 aliphatic heterocycles. The van der Waals surface area contributed by atoms with E-state index >= 15 is 0 Å². The maximum Gasteiger partial charge on any atom is 0.160 e. The van der Waals surface area contributed by atoms with E-state index in [2.05, 4.69) is 200 Å². The van der Waals surface area contributed by atoms with Crippen LogP contribution in [0.5, 0.6) is 0 Å². The number of hydrogen-bond donors (Lipinski definition) is 0. The van der Waals surface area contributed by atoms with E-state index in [1.54, 1.807) is 0 Å². The smallest absolute Gasteiger partial charge is 0.160 e. The monoisotopic (exact) mass is 790 g/mol. The molecular weight excluding hydrogens is 753 g/mol. The van der Waals surface area contributed by atoms with Crippen molar-refractivity contribution < 1.29 is 4.42 Å². The van der Waals surface area contributed by atoms with Crippen molar-refractivity contribution in [2.24, 2.45) is 0 Å². The Balaban J connectivity index is 1.04. The summed E-state index contributed by atoms with van der Waals surface area (Å²) in [6.45, 7) is 0. The van der Waals surface area contributed by atoms with Crippen LogP contribution in [-0.4, -0.2) is 9.97 Å². The second kappa shape index (κ2) is 14.5. The molecule has 3 nitrogen and oxygen atoms in total. The van der Waals surface area contributed by atoms with E-state index in [0.717, 1.165) is 61.1 Å². The average molecular weight is 791 g/mol. The van der Waals surface area contributed by atoms with Crippen molar-refractivity contribution >= 4 is 21.9 Å². The third-order valence-corrected chi connectivity index (χ3v) is 12.6. The van der Waals surface area contributed by atoms with Gasteiger partial charge in [-0.05, 0) is 86.0 Å². The van der Waals surface area contributed by atoms with Crippen LogP contribution in [0.1, 0.15) is 22.3 Å². The molecule has 2 aromatic heterocycles. The van der Waals surface area contributed by atoms with Gasteiger partial charge < -0.3 is 4.42 Å². The number of benzene rings is 9. The molecule has 0 saturated heterocycles. The normalized spacial score (nSPS) is 12.6. The number of aromatic nitrogens is 2. The maximum absolute atomic E-state index is 6.12. The summed E-state index contributed by atoms with van der Waals surface area (Å²) in [5.41, 5.74) is 18.1. The summed E-state index contributed by atoms with van der Waals surface area (Å²) >= 11 is 0. The van der Waals surface area contributed by atoms with Crippen LogP contribution in [-0.2, 0) is 5.41 Å². The Hall–Kier alpha value is -8.14. The standard InChI is InChI=1S/C59H38N2O/c1-5-16-40(17-6-1)47-25-15-26-51-57(47)49-34-32-44(37-52(49)59(51,45-20-9-3-10-21-45)46-22-11-4-12-23-46)54-38-53(60-58(61-54)42-18-7-2-8-19-42)41-30-28-39(29-31-41)43-33-35-56-50(36-43)48-24-13-14-27-55(48)62-56/h1-38H. The number of hydrogen-bond acceptors (Lipinski definition) is 3. The van der Waals surface area contributed by atoms with Gasteiger partial charge in [-0.1, -0.05) is 200 Å². The van der Waals surface area contributed by atoms with E-state index in [9.17, 15) is 0 Å². The molecule has 0 radical (unpaired) electrons. The molecule has 0 amide bonds. The van der Waals surface area contributed by atoms with Crippen LogP contribution in [0.25, 0.3) is 89.2 Å². The van der Waals surface area contributed by atoms with Crippen molar-refractivity contribution in [3.8, 4) is 67.3 Å². The van der Waals surface area contributed by atoms with Gasteiger partial charge in [0.25, 0.3) is 0 Å². The fraction of sp³-hybridized carbons (Fsp3) is 0.0169. The molecule has 3 heteroatoms. The summed E-state index contributed by atoms with van der Waals surface area (Å²) in [6.07, 6.45) is 0. The van der Waals surface area contributed by atoms with E-state index in [1.165, 1.54) is 44.5 Å². The Morgan fingerprint density at radius 1 is 0.323 bits per heavy atom. The van der Waals surface area contributed by atoms with Gasteiger partial charge in [-0.15, -0.1) is 0 Å². The summed E-state index contributed by atoms with van der Waals surface area (Å²) in [4.78, 5) is 10.5. The van der Waals surface area contributed by atoms with Crippen molar-refractivity contribution in [3.63, 3.8) is 0 Å². The fourth-order valence-electron chi connectivity index (χ4n) is 9.75. The highest BCUT2D eigenvalue weighted by atomic mass is 16.3. The molecule has 1 aliphatic rings. The molecule has 11 aromatic rings. The fourth-order valence-corrected chi connectivity index (χ4v) is 9.75. The van der Waals surface area contributed by atoms with Crippen LogP contribution >= 0.6 is 0 Å². The highest BCUT2D eigenvalue weighted by Gasteiger charge is 2.47. The first-order valence-electron chi connectivity index (χ1n) is 21.1. The summed E-state index contributed by atoms with van der Waals surface area (Å²) in [5.74, 6) is 0.687. The van der Waals surface area contributed by atoms with Crippen LogP contribution < -0.4 is 0 Å². The SMILES string of the molecule is c1ccc(-c2nc(-c3ccc(-c4ccc5oc6ccccc6c5c4)cc3)cc(-c3ccc4c(c3)C(c3ccccc3)(c3ccccc3)c3cccc(-c5ccccc5)c3-4)n2)cc1. The van der Waals surface area contributed by atoms with E-state index in [0.29, 0.717) is 5.82 Å². The zero-order chi connectivity index (χ0) is 41.0. The number of rotatable bonds is 7. The topological polar surface area (TPSA) is 38.9 Å². The molecule has 1 aliphatic carbocycles. The first kappa shape index (κ1) is 35.8. The highest BCUT2D eigenvalue weighted by Crippen LogP contribution is 2.59. The number of fused-ring (bicyclic) bond motifs is 6. The van der Waals surface area contributed by atoms with Crippen LogP contribution in [0.2, 0.25) is 0 Å². The second-order valence-corrected chi connectivity index (χ2v) is 16.1. The summed E-state index contributed by atoms with van der Waals surface area (Å²) < 4.78 is 6.12. The largest absolute Gasteiger partial charge is 0.456 e. The van der Waals surface area contributed by atoms with Gasteiger partial charge in [-0.25, -0.2) is 9.97 Å². The second-order valence-electron chi connectivity index (χ2n) is 16.1. The molecule has 0 spiro atoms. The number of furan rings is 1. The van der Waals surface area contributed by atoms with Gasteiger partial charge >= 0.3 is 0 Å². The molecule has 0 unspecified atom stereocenters. The summed E-state index contributed by atoms with van der Waals surface area (Å²) in [6, 6.07) is 82.4. The van der Waals surface area contributed by atoms with E-state index in [-0.39, 0.29) is 0 Å². The third-order valence-electron chi connectivity index (χ3n) is 12.6. The van der Waals surface area contributed by atoms with Gasteiger partial charge in [0.1, 0.15) is 11.2 Å². The molecule has 0 saturated carbocycles. The van der Waals surface area contributed by atoms with Crippen LogP contribution in [0.4, 0.5) is 0 Å². The van der Waals surface area contributed by atoms with Crippen molar-refractivity contribution in [2.75, 3.05) is 0 Å². The third kappa shape index (κ3) is 5.74. The molecule has 0 atom stereocenters. The zero-order valence-corrected chi connectivity index (χ0v) is 33.7. The van der Waals surface area contributed by atoms with Crippen molar-refractivity contribution in [1.29, 1.82) is 0 Å². The average Bonchev–Trinajstić information content (AvgIpc) is 3.88. The molecule has 290 valence electrons. The molecule has 12 rings (SSSR count). The Bertz CT molecular complexity index is 3390. The molecule has 0 fully saturated rings. The van der Waals surface area contributed by atoms with Gasteiger partial charge in [-0.3, -0.25) is 0 Å². The van der Waals surface area contributed by atoms with Crippen LogP contribution in [0.15, 0.2) is 235 Å². The predicted octanol–water partition coefficient (Wildman–Crippen LogP) is 15.1. The van der Waals surface area contributed by atoms with Gasteiger partial charge in [0.2, 0.25) is 0 Å². The first-order valence-corrected chi connectivity index (χ1v) is 21.1. The molecular formula is C59H38N2O. The number of para-hydroxylation sites is 1. The lowest BCUT2D eigenvalue weighted by molar-refractivity contribution is 0.669. The lowest BCUT2D eigenvalue weighted by Crippen LogP contribution is -2.28. The Labute approximate surface area is 360 Å². The predicted molar refractivity (Wildman–Crippen MR) is 254 cm³/mol. The quantitative estimate of drug-likeness (QED) is 0.161. The van der Waals surface area contributed by atoms with Gasteiger partial charge in [-0.2, -0.15) is 0 Å². The molecule has 62 heavy (non-hydrogen) atoms. The van der Waals surface area contributed by atoms with Gasteiger partial charge in [0, 0.05) is 27.5 Å². The van der Waals surface area contributed by atoms with Gasteiger partial charge in [0.05, 0.1) is 16.8 Å². The zero-order valence-electron chi connectivity index (χ0n) is 33.7. The Morgan fingerprint density at radius 3 is 1.60 bits per heavy atom. The molecule has 2 heterocycles. The van der Waals surface area contributed by atoms with E-state index in [1.807, 2.05) is 30.3 Å². The Kier molecular flexibility index (Phi) is 8.39. The van der Waals surface area contributed by atoms with E-state index < -0.39 is 5.41 Å². The lowest BCUT2D eigenvalue weighted by Gasteiger charge is -2.34. The maximum atomic E-state index is 6.12. The van der Waals surface area contributed by atoms with Crippen LogP contribution in [0, 0.1) is 0 Å². The minimum atomic E-state index is -0.576. The first-order chi connectivity index (χ1) is 30.7. The number of nitrogens with zero attached hydrogens (tertiary/aromatic N) is 2. The highest BCUT2D eigenvalue weighted by molar-refractivity contribution is 6.06. The minimum Gasteiger partial charge on any atom is -0.456 e. The van der Waals surface area contributed by atoms with Crippen molar-refractivity contribution in [2.45, 2.75) is 5.41 Å². The molecule has 0 N–H and O–H groups in total.